The zero-order valence-electron chi connectivity index (χ0n) is 16.4. The number of benzene rings is 2. The van der Waals surface area contributed by atoms with E-state index >= 15 is 0 Å². The van der Waals surface area contributed by atoms with Gasteiger partial charge in [-0.25, -0.2) is 0 Å². The molecule has 0 spiro atoms. The third-order valence-electron chi connectivity index (χ3n) is 4.34. The van der Waals surface area contributed by atoms with Gasteiger partial charge in [0.1, 0.15) is 11.5 Å². The van der Waals surface area contributed by atoms with Gasteiger partial charge in [0.05, 0.1) is 26.1 Å². The maximum atomic E-state index is 12.6. The molecule has 0 atom stereocenters. The lowest BCUT2D eigenvalue weighted by atomic mass is 10.1. The van der Waals surface area contributed by atoms with Crippen molar-refractivity contribution in [1.29, 1.82) is 0 Å². The summed E-state index contributed by atoms with van der Waals surface area (Å²) in [5, 5.41) is 5.56. The Balaban J connectivity index is 1.71. The summed E-state index contributed by atoms with van der Waals surface area (Å²) in [4.78, 5) is 28.9. The SMILES string of the molecule is COc1cc(C(=O)Nc2ccc(C(=O)Nc3cccnc3)cc2)cc(OC)c1C. The van der Waals surface area contributed by atoms with Crippen LogP contribution in [0.15, 0.2) is 60.9 Å². The van der Waals surface area contributed by atoms with E-state index in [0.717, 1.165) is 5.56 Å². The van der Waals surface area contributed by atoms with Crippen LogP contribution in [-0.2, 0) is 0 Å². The molecule has 0 saturated heterocycles. The predicted molar refractivity (Wildman–Crippen MR) is 111 cm³/mol. The molecule has 7 nitrogen and oxygen atoms in total. The number of amides is 2. The molecule has 2 aromatic carbocycles. The van der Waals surface area contributed by atoms with Gasteiger partial charge < -0.3 is 20.1 Å². The number of anilines is 2. The summed E-state index contributed by atoms with van der Waals surface area (Å²) in [6, 6.07) is 13.4. The van der Waals surface area contributed by atoms with Crippen molar-refractivity contribution in [2.24, 2.45) is 0 Å². The average Bonchev–Trinajstić information content (AvgIpc) is 2.75. The van der Waals surface area contributed by atoms with E-state index in [2.05, 4.69) is 15.6 Å². The standard InChI is InChI=1S/C22H21N3O4/c1-14-19(28-2)11-16(12-20(14)29-3)22(27)24-17-8-6-15(7-9-17)21(26)25-18-5-4-10-23-13-18/h4-13H,1-3H3,(H,24,27)(H,25,26). The number of ether oxygens (including phenoxy) is 2. The number of carbonyl (C=O) groups is 2. The van der Waals surface area contributed by atoms with Crippen LogP contribution < -0.4 is 20.1 Å². The number of carbonyl (C=O) groups excluding carboxylic acids is 2. The Morgan fingerprint density at radius 3 is 1.97 bits per heavy atom. The Morgan fingerprint density at radius 2 is 1.41 bits per heavy atom. The zero-order valence-corrected chi connectivity index (χ0v) is 16.4. The molecule has 0 aliphatic carbocycles. The summed E-state index contributed by atoms with van der Waals surface area (Å²) in [6.45, 7) is 1.86. The van der Waals surface area contributed by atoms with E-state index in [1.54, 1.807) is 75.1 Å². The van der Waals surface area contributed by atoms with Gasteiger partial charge in [-0.2, -0.15) is 0 Å². The highest BCUT2D eigenvalue weighted by Crippen LogP contribution is 2.29. The highest BCUT2D eigenvalue weighted by atomic mass is 16.5. The van der Waals surface area contributed by atoms with Crippen LogP contribution >= 0.6 is 0 Å². The second kappa shape index (κ2) is 8.88. The molecule has 0 bridgehead atoms. The van der Waals surface area contributed by atoms with Crippen LogP contribution in [0.2, 0.25) is 0 Å². The van der Waals surface area contributed by atoms with Crippen LogP contribution in [0.25, 0.3) is 0 Å². The molecule has 0 radical (unpaired) electrons. The van der Waals surface area contributed by atoms with Gasteiger partial charge in [-0.3, -0.25) is 14.6 Å². The fourth-order valence-corrected chi connectivity index (χ4v) is 2.77. The van der Waals surface area contributed by atoms with Gasteiger partial charge in [-0.05, 0) is 55.5 Å². The summed E-state index contributed by atoms with van der Waals surface area (Å²) < 4.78 is 10.6. The van der Waals surface area contributed by atoms with Gasteiger partial charge >= 0.3 is 0 Å². The van der Waals surface area contributed by atoms with E-state index in [9.17, 15) is 9.59 Å². The highest BCUT2D eigenvalue weighted by Gasteiger charge is 2.14. The summed E-state index contributed by atoms with van der Waals surface area (Å²) in [5.41, 5.74) is 2.85. The van der Waals surface area contributed by atoms with E-state index in [1.165, 1.54) is 0 Å². The molecule has 1 heterocycles. The van der Waals surface area contributed by atoms with Crippen molar-refractivity contribution in [2.75, 3.05) is 24.9 Å². The molecule has 0 aliphatic rings. The number of pyridine rings is 1. The lowest BCUT2D eigenvalue weighted by Crippen LogP contribution is -2.14. The van der Waals surface area contributed by atoms with Crippen molar-refractivity contribution in [2.45, 2.75) is 6.92 Å². The Morgan fingerprint density at radius 1 is 0.828 bits per heavy atom. The van der Waals surface area contributed by atoms with Gasteiger partial charge in [0.2, 0.25) is 0 Å². The Labute approximate surface area is 168 Å². The quantitative estimate of drug-likeness (QED) is 0.665. The van der Waals surface area contributed by atoms with Crippen molar-refractivity contribution in [3.63, 3.8) is 0 Å². The van der Waals surface area contributed by atoms with Crippen molar-refractivity contribution in [1.82, 2.24) is 4.98 Å². The number of nitrogens with one attached hydrogen (secondary N) is 2. The van der Waals surface area contributed by atoms with Gasteiger partial charge in [0, 0.05) is 28.6 Å². The lowest BCUT2D eigenvalue weighted by Gasteiger charge is -2.13. The first-order valence-corrected chi connectivity index (χ1v) is 8.87. The van der Waals surface area contributed by atoms with Crippen molar-refractivity contribution in [3.05, 3.63) is 77.6 Å². The van der Waals surface area contributed by atoms with E-state index < -0.39 is 0 Å². The first-order chi connectivity index (χ1) is 14.0. The van der Waals surface area contributed by atoms with Gasteiger partial charge in [0.25, 0.3) is 11.8 Å². The van der Waals surface area contributed by atoms with Crippen LogP contribution in [-0.4, -0.2) is 31.0 Å². The molecule has 0 aliphatic heterocycles. The molecule has 2 amide bonds. The van der Waals surface area contributed by atoms with Gasteiger partial charge in [-0.15, -0.1) is 0 Å². The summed E-state index contributed by atoms with van der Waals surface area (Å²) in [5.74, 6) is 0.562. The minimum Gasteiger partial charge on any atom is -0.496 e. The molecule has 7 heteroatoms. The summed E-state index contributed by atoms with van der Waals surface area (Å²) in [7, 11) is 3.08. The van der Waals surface area contributed by atoms with Crippen molar-refractivity contribution in [3.8, 4) is 11.5 Å². The van der Waals surface area contributed by atoms with E-state index in [4.69, 9.17) is 9.47 Å². The second-order valence-corrected chi connectivity index (χ2v) is 6.23. The Bertz CT molecular complexity index is 993. The highest BCUT2D eigenvalue weighted by molar-refractivity contribution is 6.06. The monoisotopic (exact) mass is 391 g/mol. The first-order valence-electron chi connectivity index (χ1n) is 8.87. The molecule has 0 saturated carbocycles. The van der Waals surface area contributed by atoms with Crippen LogP contribution in [0.3, 0.4) is 0 Å². The third kappa shape index (κ3) is 4.70. The molecule has 1 aromatic heterocycles. The summed E-state index contributed by atoms with van der Waals surface area (Å²) >= 11 is 0. The molecular formula is C22H21N3O4. The maximum absolute atomic E-state index is 12.6. The number of methoxy groups -OCH3 is 2. The fraction of sp³-hybridized carbons (Fsp3) is 0.136. The van der Waals surface area contributed by atoms with Crippen LogP contribution in [0.1, 0.15) is 26.3 Å². The largest absolute Gasteiger partial charge is 0.496 e. The van der Waals surface area contributed by atoms with E-state index in [-0.39, 0.29) is 11.8 Å². The molecule has 29 heavy (non-hydrogen) atoms. The van der Waals surface area contributed by atoms with Crippen LogP contribution in [0.5, 0.6) is 11.5 Å². The maximum Gasteiger partial charge on any atom is 0.255 e. The average molecular weight is 391 g/mol. The molecule has 0 unspecified atom stereocenters. The van der Waals surface area contributed by atoms with Crippen molar-refractivity contribution < 1.29 is 19.1 Å². The predicted octanol–water partition coefficient (Wildman–Crippen LogP) is 3.91. The van der Waals surface area contributed by atoms with Gasteiger partial charge in [-0.1, -0.05) is 0 Å². The molecule has 3 rings (SSSR count). The fourth-order valence-electron chi connectivity index (χ4n) is 2.77. The van der Waals surface area contributed by atoms with Crippen LogP contribution in [0, 0.1) is 6.92 Å². The minimum absolute atomic E-state index is 0.260. The zero-order chi connectivity index (χ0) is 20.8. The first kappa shape index (κ1) is 19.9. The number of aromatic nitrogens is 1. The molecular weight excluding hydrogens is 370 g/mol. The molecule has 0 fully saturated rings. The number of rotatable bonds is 6. The molecule has 148 valence electrons. The van der Waals surface area contributed by atoms with Crippen molar-refractivity contribution >= 4 is 23.2 Å². The number of hydrogen-bond acceptors (Lipinski definition) is 5. The number of hydrogen-bond donors (Lipinski definition) is 2. The molecule has 3 aromatic rings. The van der Waals surface area contributed by atoms with Gasteiger partial charge in [0.15, 0.2) is 0 Å². The van der Waals surface area contributed by atoms with E-state index in [0.29, 0.717) is 34.0 Å². The summed E-state index contributed by atoms with van der Waals surface area (Å²) in [6.07, 6.45) is 3.20. The Kier molecular flexibility index (Phi) is 6.09. The normalized spacial score (nSPS) is 10.2. The van der Waals surface area contributed by atoms with Crippen LogP contribution in [0.4, 0.5) is 11.4 Å². The van der Waals surface area contributed by atoms with E-state index in [1.807, 2.05) is 6.92 Å². The topological polar surface area (TPSA) is 89.5 Å². The lowest BCUT2D eigenvalue weighted by molar-refractivity contribution is 0.101. The minimum atomic E-state index is -0.311. The third-order valence-corrected chi connectivity index (χ3v) is 4.34. The molecule has 2 N–H and O–H groups in total. The second-order valence-electron chi connectivity index (χ2n) is 6.23. The number of nitrogens with zero attached hydrogens (tertiary/aromatic N) is 1. The Hall–Kier alpha value is -3.87. The smallest absolute Gasteiger partial charge is 0.255 e.